The van der Waals surface area contributed by atoms with Gasteiger partial charge in [-0.05, 0) is 99.1 Å². The molecule has 1 fully saturated rings. The van der Waals surface area contributed by atoms with Gasteiger partial charge in [0.1, 0.15) is 47.1 Å². The molecule has 5 rings (SSSR count). The topological polar surface area (TPSA) is 317 Å². The van der Waals surface area contributed by atoms with E-state index >= 15 is 19.2 Å². The number of likely N-dealkylation sites (N-methyl/N-ethyl adjacent to an activating group) is 1. The van der Waals surface area contributed by atoms with Crippen LogP contribution >= 0.6 is 0 Å². The highest BCUT2D eigenvalue weighted by Gasteiger charge is 2.46. The molecule has 0 bridgehead atoms. The summed E-state index contributed by atoms with van der Waals surface area (Å²) in [6.07, 6.45) is -2.28. The maximum Gasteiger partial charge on any atom is 0.336 e. The molecule has 0 aromatic heterocycles. The van der Waals surface area contributed by atoms with Gasteiger partial charge in [-0.2, -0.15) is 0 Å². The van der Waals surface area contributed by atoms with Crippen LogP contribution in [0, 0.1) is 23.7 Å². The zero-order chi connectivity index (χ0) is 68.9. The van der Waals surface area contributed by atoms with Crippen LogP contribution < -0.4 is 37.5 Å². The molecule has 7 amide bonds. The van der Waals surface area contributed by atoms with Gasteiger partial charge in [-0.15, -0.1) is 0 Å². The number of aliphatic hydroxyl groups is 1. The number of hydrogen-bond donors (Lipinski definition) is 7. The van der Waals surface area contributed by atoms with Gasteiger partial charge in [0, 0.05) is 32.2 Å². The summed E-state index contributed by atoms with van der Waals surface area (Å²) in [7, 11) is 1.34. The molecule has 4 aromatic carbocycles. The lowest BCUT2D eigenvalue weighted by Crippen LogP contribution is -2.64. The molecule has 22 heteroatoms. The average molecular weight is 1290 g/mol. The Kier molecular flexibility index (Phi) is 28.9. The predicted molar refractivity (Wildman–Crippen MR) is 352 cm³/mol. The lowest BCUT2D eigenvalue weighted by Gasteiger charge is -2.39. The fourth-order valence-electron chi connectivity index (χ4n) is 10.9. The number of nitrogens with two attached hydrogens (primary N) is 2. The van der Waals surface area contributed by atoms with Crippen molar-refractivity contribution in [3.05, 3.63) is 138 Å². The first kappa shape index (κ1) is 75.8. The summed E-state index contributed by atoms with van der Waals surface area (Å²) in [6, 6.07) is 24.6. The number of rotatable bonds is 33. The Morgan fingerprint density at radius 2 is 1.12 bits per heavy atom. The van der Waals surface area contributed by atoms with Crippen molar-refractivity contribution in [2.24, 2.45) is 35.1 Å². The molecule has 0 aliphatic carbocycles. The number of aliphatic hydroxyl groups excluding tert-OH is 1. The molecule has 0 unspecified atom stereocenters. The van der Waals surface area contributed by atoms with Crippen molar-refractivity contribution in [2.45, 2.75) is 200 Å². The number of nitrogens with one attached hydrogen (secondary N) is 4. The van der Waals surface area contributed by atoms with E-state index in [0.29, 0.717) is 24.5 Å². The molecule has 4 aromatic rings. The van der Waals surface area contributed by atoms with Crippen molar-refractivity contribution in [3.8, 4) is 5.75 Å². The zero-order valence-corrected chi connectivity index (χ0v) is 56.3. The number of hydrogen-bond acceptors (Lipinski definition) is 16. The molecular weight excluding hydrogens is 1190 g/mol. The molecule has 1 aliphatic heterocycles. The Morgan fingerprint density at radius 1 is 0.624 bits per heavy atom. The first-order valence-electron chi connectivity index (χ1n) is 32.4. The van der Waals surface area contributed by atoms with E-state index < -0.39 is 137 Å². The lowest BCUT2D eigenvalue weighted by atomic mass is 9.77. The molecule has 1 saturated heterocycles. The van der Waals surface area contributed by atoms with Crippen molar-refractivity contribution in [2.75, 3.05) is 20.3 Å². The van der Waals surface area contributed by atoms with Crippen LogP contribution in [0.4, 0.5) is 0 Å². The maximum atomic E-state index is 15.9. The summed E-state index contributed by atoms with van der Waals surface area (Å²) in [5, 5.41) is 21.6. The highest BCUT2D eigenvalue weighted by Crippen LogP contribution is 2.37. The number of amides is 7. The van der Waals surface area contributed by atoms with Gasteiger partial charge in [0.2, 0.25) is 41.4 Å². The minimum absolute atomic E-state index is 0.0236. The molecule has 0 saturated carbocycles. The molecule has 22 nitrogen and oxygen atoms in total. The van der Waals surface area contributed by atoms with Gasteiger partial charge in [-0.3, -0.25) is 38.5 Å². The van der Waals surface area contributed by atoms with Gasteiger partial charge < -0.3 is 61.7 Å². The summed E-state index contributed by atoms with van der Waals surface area (Å²) >= 11 is 0. The highest BCUT2D eigenvalue weighted by molar-refractivity contribution is 6.05. The van der Waals surface area contributed by atoms with Crippen LogP contribution in [0.15, 0.2) is 115 Å². The Hall–Kier alpha value is -7.89. The van der Waals surface area contributed by atoms with E-state index in [9.17, 15) is 29.1 Å². The minimum Gasteiger partial charge on any atom is -0.488 e. The SMILES string of the molecule is CC[C@H](C)[C@H](NC(=O)[C@H](Cc1ccc(OC(C)(C)C)cc1)N(C)C(=O)[C@H]([C@@H](C)CC)N(C(=O)[C@@H](N)CCC(=O)NC(c1ccccc1)(c1ccccc1)c1ccccc1)C(=O)[C@@H](N)CCC1OCCO1)C(=O)OC(=O)[C@H](CC(C)C)NC(=O)[C@@H](NC(=O)C(C)C)[C@@H](C)O. The fraction of sp³-hybridized carbons (Fsp3) is 0.535. The van der Waals surface area contributed by atoms with Crippen molar-refractivity contribution >= 4 is 53.3 Å². The van der Waals surface area contributed by atoms with Crippen LogP contribution in [0.25, 0.3) is 0 Å². The fourth-order valence-corrected chi connectivity index (χ4v) is 10.9. The van der Waals surface area contributed by atoms with E-state index in [4.69, 9.17) is 30.4 Å². The van der Waals surface area contributed by atoms with Crippen LogP contribution in [-0.2, 0) is 69.3 Å². The third-order valence-electron chi connectivity index (χ3n) is 16.6. The Bertz CT molecular complexity index is 3000. The molecule has 93 heavy (non-hydrogen) atoms. The molecule has 0 spiro atoms. The van der Waals surface area contributed by atoms with Gasteiger partial charge in [0.15, 0.2) is 6.29 Å². The summed E-state index contributed by atoms with van der Waals surface area (Å²) in [5.41, 5.74) is 14.6. The van der Waals surface area contributed by atoms with Crippen molar-refractivity contribution < 1.29 is 67.2 Å². The van der Waals surface area contributed by atoms with Gasteiger partial charge in [-0.1, -0.05) is 171 Å². The highest BCUT2D eigenvalue weighted by atomic mass is 16.7. The summed E-state index contributed by atoms with van der Waals surface area (Å²) in [4.78, 5) is 133. The first-order valence-corrected chi connectivity index (χ1v) is 32.4. The van der Waals surface area contributed by atoms with Gasteiger partial charge in [0.05, 0.1) is 31.4 Å². The molecule has 0 radical (unpaired) electrons. The Labute approximate surface area is 548 Å². The van der Waals surface area contributed by atoms with Crippen LogP contribution in [0.2, 0.25) is 0 Å². The second-order valence-corrected chi connectivity index (χ2v) is 26.0. The van der Waals surface area contributed by atoms with Crippen molar-refractivity contribution in [3.63, 3.8) is 0 Å². The zero-order valence-electron chi connectivity index (χ0n) is 56.3. The van der Waals surface area contributed by atoms with E-state index in [2.05, 4.69) is 21.3 Å². The van der Waals surface area contributed by atoms with E-state index in [-0.39, 0.29) is 57.3 Å². The van der Waals surface area contributed by atoms with Crippen LogP contribution in [0.1, 0.15) is 150 Å². The van der Waals surface area contributed by atoms with Crippen molar-refractivity contribution in [1.82, 2.24) is 31.1 Å². The third kappa shape index (κ3) is 21.3. The smallest absolute Gasteiger partial charge is 0.336 e. The number of benzene rings is 4. The molecule has 1 aliphatic rings. The monoisotopic (exact) mass is 1290 g/mol. The van der Waals surface area contributed by atoms with E-state index in [1.54, 1.807) is 79.7 Å². The number of nitrogens with zero attached hydrogens (tertiary/aromatic N) is 2. The van der Waals surface area contributed by atoms with Gasteiger partial charge in [0.25, 0.3) is 0 Å². The number of carbonyl (C=O) groups is 9. The number of imide groups is 1. The predicted octanol–water partition coefficient (Wildman–Crippen LogP) is 6.35. The molecule has 9 N–H and O–H groups in total. The summed E-state index contributed by atoms with van der Waals surface area (Å²) in [5.74, 6) is -9.76. The number of ether oxygens (including phenoxy) is 4. The molecule has 10 atom stereocenters. The second kappa shape index (κ2) is 35.4. The summed E-state index contributed by atoms with van der Waals surface area (Å²) < 4.78 is 22.9. The van der Waals surface area contributed by atoms with E-state index in [0.717, 1.165) is 26.5 Å². The molecule has 508 valence electrons. The summed E-state index contributed by atoms with van der Waals surface area (Å²) in [6.45, 7) is 21.2. The first-order chi connectivity index (χ1) is 43.9. The number of esters is 2. The molecule has 1 heterocycles. The van der Waals surface area contributed by atoms with E-state index in [1.165, 1.54) is 14.0 Å². The minimum atomic E-state index is -1.65. The normalized spacial score (nSPS) is 16.0. The van der Waals surface area contributed by atoms with Crippen LogP contribution in [-0.4, -0.2) is 149 Å². The quantitative estimate of drug-likeness (QED) is 0.0155. The van der Waals surface area contributed by atoms with Crippen molar-refractivity contribution in [1.29, 1.82) is 0 Å². The van der Waals surface area contributed by atoms with Crippen LogP contribution in [0.3, 0.4) is 0 Å². The maximum absolute atomic E-state index is 15.9. The van der Waals surface area contributed by atoms with Gasteiger partial charge in [-0.25, -0.2) is 9.59 Å². The second-order valence-electron chi connectivity index (χ2n) is 26.0. The van der Waals surface area contributed by atoms with Gasteiger partial charge >= 0.3 is 11.9 Å². The molecular formula is C71H100N8O14. The largest absolute Gasteiger partial charge is 0.488 e. The standard InChI is InChI=1S/C71H100N8O14/c1-14-45(7)59(69(89)92-68(88)55(41-43(3)4)74-64(84)60(47(9)80)76-62(82)44(5)6)75-63(83)56(42-48-31-33-52(34-32-48)93-70(10,11)12)78(13)67(87)61(46(8)15-2)79(66(86)54(73)36-38-58-90-39-40-91-58)65(85)53(72)35-37-57(81)77-71(49-25-19-16-20-26-49,50-27-21-17-22-28-50)51-29-23-18-24-30-51/h16-34,43-47,53-56,58-61,80H,14-15,35-42,72-73H2,1-13H3,(H,74,84)(H,75,83)(H,76,82)(H,77,81)/t45-,46-,47+,53-,54-,55-,56-,59-,60-,61-/m0/s1. The third-order valence-corrected chi connectivity index (χ3v) is 16.6. The Balaban J connectivity index is 1.54. The number of carbonyl (C=O) groups excluding carboxylic acids is 9. The lowest BCUT2D eigenvalue weighted by molar-refractivity contribution is -0.166. The Morgan fingerprint density at radius 3 is 1.58 bits per heavy atom. The van der Waals surface area contributed by atoms with Crippen LogP contribution in [0.5, 0.6) is 5.75 Å². The average Bonchev–Trinajstić information content (AvgIpc) is 0.974. The van der Waals surface area contributed by atoms with E-state index in [1.807, 2.05) is 112 Å².